The Kier molecular flexibility index (Phi) is 5.88. The van der Waals surface area contributed by atoms with Crippen LogP contribution in [0.3, 0.4) is 0 Å². The normalized spacial score (nSPS) is 15.0. The van der Waals surface area contributed by atoms with Gasteiger partial charge in [0.2, 0.25) is 0 Å². The quantitative estimate of drug-likeness (QED) is 0.805. The van der Waals surface area contributed by atoms with Gasteiger partial charge in [0.25, 0.3) is 0 Å². The van der Waals surface area contributed by atoms with Gasteiger partial charge in [-0.25, -0.2) is 4.79 Å². The summed E-state index contributed by atoms with van der Waals surface area (Å²) >= 11 is 1.79. The van der Waals surface area contributed by atoms with Crippen LogP contribution >= 0.6 is 11.3 Å². The van der Waals surface area contributed by atoms with Gasteiger partial charge in [0.15, 0.2) is 0 Å². The molecule has 1 aromatic heterocycles. The monoisotopic (exact) mass is 344 g/mol. The molecule has 1 aromatic carbocycles. The number of rotatable bonds is 6. The predicted octanol–water partition coefficient (Wildman–Crippen LogP) is 3.98. The minimum atomic E-state index is 0.0305. The highest BCUT2D eigenvalue weighted by molar-refractivity contribution is 7.10. The maximum absolute atomic E-state index is 12.2. The zero-order chi connectivity index (χ0) is 16.8. The summed E-state index contributed by atoms with van der Waals surface area (Å²) in [5, 5.41) is 5.11. The molecule has 0 saturated heterocycles. The topological polar surface area (TPSA) is 41.6 Å². The third-order valence-electron chi connectivity index (χ3n) is 4.33. The molecule has 2 aromatic rings. The zero-order valence-corrected chi connectivity index (χ0v) is 14.8. The molecule has 0 unspecified atom stereocenters. The van der Waals surface area contributed by atoms with Gasteiger partial charge in [-0.2, -0.15) is 0 Å². The lowest BCUT2D eigenvalue weighted by atomic mass is 10.1. The van der Waals surface area contributed by atoms with Crippen molar-refractivity contribution in [2.45, 2.75) is 32.4 Å². The van der Waals surface area contributed by atoms with Gasteiger partial charge in [0.1, 0.15) is 0 Å². The lowest BCUT2D eigenvalue weighted by Crippen LogP contribution is -2.42. The summed E-state index contributed by atoms with van der Waals surface area (Å²) in [6.07, 6.45) is 1.87. The summed E-state index contributed by atoms with van der Waals surface area (Å²) < 4.78 is 5.83. The highest BCUT2D eigenvalue weighted by Crippen LogP contribution is 2.23. The smallest absolute Gasteiger partial charge is 0.317 e. The first kappa shape index (κ1) is 17.0. The van der Waals surface area contributed by atoms with E-state index in [1.54, 1.807) is 11.3 Å². The fraction of sp³-hybridized carbons (Fsp3) is 0.421. The van der Waals surface area contributed by atoms with Crippen molar-refractivity contribution >= 4 is 17.4 Å². The van der Waals surface area contributed by atoms with Crippen molar-refractivity contribution in [3.05, 3.63) is 57.8 Å². The molecule has 4 nitrogen and oxygen atoms in total. The van der Waals surface area contributed by atoms with Crippen LogP contribution in [0, 0.1) is 0 Å². The Morgan fingerprint density at radius 1 is 1.33 bits per heavy atom. The second-order valence-electron chi connectivity index (χ2n) is 6.05. The number of benzene rings is 1. The summed E-state index contributed by atoms with van der Waals surface area (Å²) in [4.78, 5) is 15.5. The molecule has 0 aliphatic carbocycles. The van der Waals surface area contributed by atoms with E-state index in [1.807, 2.05) is 23.1 Å². The first-order valence-electron chi connectivity index (χ1n) is 8.48. The van der Waals surface area contributed by atoms with Gasteiger partial charge in [-0.15, -0.1) is 11.3 Å². The summed E-state index contributed by atoms with van der Waals surface area (Å²) in [5.74, 6) is 0. The Balaban J connectivity index is 1.33. The minimum Gasteiger partial charge on any atom is -0.374 e. The molecule has 1 atom stereocenters. The van der Waals surface area contributed by atoms with Crippen molar-refractivity contribution in [1.82, 2.24) is 10.2 Å². The van der Waals surface area contributed by atoms with Gasteiger partial charge in [0, 0.05) is 31.1 Å². The number of urea groups is 1. The summed E-state index contributed by atoms with van der Waals surface area (Å²) in [6, 6.07) is 12.3. The Morgan fingerprint density at radius 3 is 3.00 bits per heavy atom. The number of nitrogens with one attached hydrogen (secondary N) is 1. The van der Waals surface area contributed by atoms with E-state index in [2.05, 4.69) is 35.8 Å². The van der Waals surface area contributed by atoms with E-state index in [9.17, 15) is 4.79 Å². The molecule has 2 heterocycles. The van der Waals surface area contributed by atoms with Crippen LogP contribution < -0.4 is 5.32 Å². The van der Waals surface area contributed by atoms with Crippen molar-refractivity contribution in [2.24, 2.45) is 0 Å². The number of thiophene rings is 1. The van der Waals surface area contributed by atoms with Crippen LogP contribution in [0.15, 0.2) is 41.8 Å². The second kappa shape index (κ2) is 8.31. The van der Waals surface area contributed by atoms with Gasteiger partial charge >= 0.3 is 6.03 Å². The number of amides is 2. The van der Waals surface area contributed by atoms with E-state index in [0.29, 0.717) is 13.2 Å². The largest absolute Gasteiger partial charge is 0.374 e. The van der Waals surface area contributed by atoms with E-state index in [1.165, 1.54) is 16.0 Å². The molecule has 24 heavy (non-hydrogen) atoms. The maximum atomic E-state index is 12.2. The Bertz CT molecular complexity index is 656. The molecule has 3 rings (SSSR count). The van der Waals surface area contributed by atoms with Crippen molar-refractivity contribution in [3.8, 4) is 0 Å². The van der Waals surface area contributed by atoms with Crippen LogP contribution in [-0.2, 0) is 17.7 Å². The molecular formula is C19H24N2O2S. The number of hydrogen-bond acceptors (Lipinski definition) is 3. The van der Waals surface area contributed by atoms with Gasteiger partial charge in [-0.1, -0.05) is 30.3 Å². The molecule has 0 saturated carbocycles. The Hall–Kier alpha value is -1.85. The molecule has 1 aliphatic rings. The van der Waals surface area contributed by atoms with Gasteiger partial charge in [0.05, 0.1) is 6.10 Å². The predicted molar refractivity (Wildman–Crippen MR) is 97.3 cm³/mol. The van der Waals surface area contributed by atoms with Crippen LogP contribution in [-0.4, -0.2) is 30.6 Å². The van der Waals surface area contributed by atoms with Crippen molar-refractivity contribution < 1.29 is 9.53 Å². The SMILES string of the molecule is C[C@@H](OCCCNC(=O)N1CCc2sccc2C1)c1ccccc1. The fourth-order valence-corrected chi connectivity index (χ4v) is 3.77. The first-order chi connectivity index (χ1) is 11.7. The summed E-state index contributed by atoms with van der Waals surface area (Å²) in [5.41, 5.74) is 2.47. The fourth-order valence-electron chi connectivity index (χ4n) is 2.88. The maximum Gasteiger partial charge on any atom is 0.317 e. The van der Waals surface area contributed by atoms with Crippen LogP contribution in [0.1, 0.15) is 35.5 Å². The number of ether oxygens (including phenoxy) is 1. The zero-order valence-electron chi connectivity index (χ0n) is 14.0. The molecule has 5 heteroatoms. The lowest BCUT2D eigenvalue weighted by molar-refractivity contribution is 0.0642. The third kappa shape index (κ3) is 4.36. The number of carbonyl (C=O) groups excluding carboxylic acids is 1. The molecule has 128 valence electrons. The highest BCUT2D eigenvalue weighted by Gasteiger charge is 2.20. The van der Waals surface area contributed by atoms with Crippen molar-refractivity contribution in [3.63, 3.8) is 0 Å². The Labute approximate surface area is 147 Å². The minimum absolute atomic E-state index is 0.0305. The van der Waals surface area contributed by atoms with Gasteiger partial charge in [-0.05, 0) is 42.3 Å². The molecule has 2 amide bonds. The molecule has 0 spiro atoms. The molecule has 1 aliphatic heterocycles. The average molecular weight is 344 g/mol. The van der Waals surface area contributed by atoms with E-state index < -0.39 is 0 Å². The van der Waals surface area contributed by atoms with E-state index in [0.717, 1.165) is 25.9 Å². The number of carbonyl (C=O) groups is 1. The lowest BCUT2D eigenvalue weighted by Gasteiger charge is -2.27. The average Bonchev–Trinajstić information content (AvgIpc) is 3.09. The van der Waals surface area contributed by atoms with Gasteiger partial charge in [-0.3, -0.25) is 0 Å². The molecular weight excluding hydrogens is 320 g/mol. The van der Waals surface area contributed by atoms with Crippen molar-refractivity contribution in [1.29, 1.82) is 0 Å². The number of hydrogen-bond donors (Lipinski definition) is 1. The standard InChI is InChI=1S/C19H24N2O2S/c1-15(16-6-3-2-4-7-16)23-12-5-10-20-19(22)21-11-8-18-17(14-21)9-13-24-18/h2-4,6-7,9,13,15H,5,8,10-12,14H2,1H3,(H,20,22)/t15-/m1/s1. The van der Waals surface area contributed by atoms with Crippen LogP contribution in [0.25, 0.3) is 0 Å². The highest BCUT2D eigenvalue weighted by atomic mass is 32.1. The Morgan fingerprint density at radius 2 is 2.17 bits per heavy atom. The van der Waals surface area contributed by atoms with Crippen LogP contribution in [0.4, 0.5) is 4.79 Å². The number of nitrogens with zero attached hydrogens (tertiary/aromatic N) is 1. The molecule has 0 radical (unpaired) electrons. The summed E-state index contributed by atoms with van der Waals surface area (Å²) in [6.45, 7) is 4.88. The van der Waals surface area contributed by atoms with Crippen LogP contribution in [0.2, 0.25) is 0 Å². The molecule has 0 fully saturated rings. The van der Waals surface area contributed by atoms with E-state index >= 15 is 0 Å². The summed E-state index contributed by atoms with van der Waals surface area (Å²) in [7, 11) is 0. The molecule has 0 bridgehead atoms. The van der Waals surface area contributed by atoms with Gasteiger partial charge < -0.3 is 15.0 Å². The first-order valence-corrected chi connectivity index (χ1v) is 9.36. The van der Waals surface area contributed by atoms with E-state index in [4.69, 9.17) is 4.74 Å². The van der Waals surface area contributed by atoms with Crippen LogP contribution in [0.5, 0.6) is 0 Å². The third-order valence-corrected chi connectivity index (χ3v) is 5.35. The number of fused-ring (bicyclic) bond motifs is 1. The van der Waals surface area contributed by atoms with Crippen molar-refractivity contribution in [2.75, 3.05) is 19.7 Å². The molecule has 1 N–H and O–H groups in total. The van der Waals surface area contributed by atoms with E-state index in [-0.39, 0.29) is 12.1 Å². The second-order valence-corrected chi connectivity index (χ2v) is 7.05.